The first-order chi connectivity index (χ1) is 15.9. The summed E-state index contributed by atoms with van der Waals surface area (Å²) in [5.74, 6) is -1.86. The molecule has 0 aliphatic rings. The minimum Gasteiger partial charge on any atom is -0.507 e. The Morgan fingerprint density at radius 3 is 2.76 bits per heavy atom. The van der Waals surface area contributed by atoms with E-state index in [1.54, 1.807) is 37.6 Å². The van der Waals surface area contributed by atoms with Crippen molar-refractivity contribution in [2.45, 2.75) is 32.2 Å². The van der Waals surface area contributed by atoms with E-state index in [2.05, 4.69) is 15.0 Å². The quantitative estimate of drug-likeness (QED) is 0.372. The molecule has 0 aliphatic heterocycles. The molecular weight excluding hydrogens is 424 g/mol. The number of carbonyl (C=O) groups excluding carboxylic acids is 1. The fourth-order valence-corrected chi connectivity index (χ4v) is 4.07. The number of hydrogen-bond donors (Lipinski definition) is 3. The van der Waals surface area contributed by atoms with E-state index >= 15 is 0 Å². The number of ether oxygens (including phenoxy) is 1. The highest BCUT2D eigenvalue weighted by Gasteiger charge is 2.28. The number of methoxy groups -OCH3 is 1. The van der Waals surface area contributed by atoms with E-state index in [-0.39, 0.29) is 23.3 Å². The Morgan fingerprint density at radius 1 is 1.24 bits per heavy atom. The minimum atomic E-state index is -0.989. The molecular formula is C24H24N4O5. The lowest BCUT2D eigenvalue weighted by atomic mass is 9.88. The van der Waals surface area contributed by atoms with Gasteiger partial charge in [-0.3, -0.25) is 14.4 Å². The smallest absolute Gasteiger partial charge is 0.306 e. The van der Waals surface area contributed by atoms with Gasteiger partial charge in [-0.2, -0.15) is 0 Å². The SMILES string of the molecule is COC(=O)C[C@H](c1cc2ccccc2[nH]c1=O)c1c(O)cc(C)n(CCc2cnc[nH]2)c1=O. The maximum Gasteiger partial charge on any atom is 0.306 e. The number of fused-ring (bicyclic) bond motifs is 1. The molecule has 170 valence electrons. The first-order valence-corrected chi connectivity index (χ1v) is 10.5. The molecule has 1 atom stereocenters. The third kappa shape index (κ3) is 4.43. The molecule has 0 amide bonds. The zero-order chi connectivity index (χ0) is 23.5. The molecule has 9 nitrogen and oxygen atoms in total. The second kappa shape index (κ2) is 9.15. The van der Waals surface area contributed by atoms with E-state index in [0.717, 1.165) is 11.1 Å². The fraction of sp³-hybridized carbons (Fsp3) is 0.250. The topological polar surface area (TPSA) is 130 Å². The summed E-state index contributed by atoms with van der Waals surface area (Å²) < 4.78 is 6.35. The predicted molar refractivity (Wildman–Crippen MR) is 122 cm³/mol. The molecule has 0 radical (unpaired) electrons. The summed E-state index contributed by atoms with van der Waals surface area (Å²) >= 11 is 0. The van der Waals surface area contributed by atoms with Crippen LogP contribution in [0.4, 0.5) is 0 Å². The predicted octanol–water partition coefficient (Wildman–Crippen LogP) is 2.36. The van der Waals surface area contributed by atoms with E-state index in [0.29, 0.717) is 24.2 Å². The largest absolute Gasteiger partial charge is 0.507 e. The van der Waals surface area contributed by atoms with Gasteiger partial charge in [0.1, 0.15) is 5.75 Å². The van der Waals surface area contributed by atoms with Gasteiger partial charge in [0.15, 0.2) is 0 Å². The maximum atomic E-state index is 13.5. The normalized spacial score (nSPS) is 12.1. The Labute approximate surface area is 188 Å². The van der Waals surface area contributed by atoms with Crippen LogP contribution in [0, 0.1) is 6.92 Å². The number of aromatic amines is 2. The molecule has 0 spiro atoms. The molecule has 1 aromatic carbocycles. The molecule has 0 saturated carbocycles. The number of hydrogen-bond acceptors (Lipinski definition) is 6. The number of nitrogens with zero attached hydrogens (tertiary/aromatic N) is 2. The second-order valence-electron chi connectivity index (χ2n) is 7.84. The molecule has 33 heavy (non-hydrogen) atoms. The highest BCUT2D eigenvalue weighted by molar-refractivity contribution is 5.79. The van der Waals surface area contributed by atoms with Crippen molar-refractivity contribution in [3.05, 3.63) is 92.1 Å². The summed E-state index contributed by atoms with van der Waals surface area (Å²) in [7, 11) is 1.24. The number of rotatable bonds is 7. The van der Waals surface area contributed by atoms with Crippen molar-refractivity contribution in [3.8, 4) is 5.75 Å². The summed E-state index contributed by atoms with van der Waals surface area (Å²) in [6, 6.07) is 10.3. The number of para-hydroxylation sites is 1. The second-order valence-corrected chi connectivity index (χ2v) is 7.84. The molecule has 3 heterocycles. The Bertz CT molecular complexity index is 1420. The van der Waals surface area contributed by atoms with Gasteiger partial charge in [-0.1, -0.05) is 18.2 Å². The van der Waals surface area contributed by atoms with Crippen LogP contribution in [0.5, 0.6) is 5.75 Å². The van der Waals surface area contributed by atoms with E-state index in [1.807, 2.05) is 12.1 Å². The van der Waals surface area contributed by atoms with E-state index in [9.17, 15) is 19.5 Å². The molecule has 9 heteroatoms. The van der Waals surface area contributed by atoms with E-state index < -0.39 is 23.0 Å². The van der Waals surface area contributed by atoms with Crippen LogP contribution < -0.4 is 11.1 Å². The maximum absolute atomic E-state index is 13.5. The van der Waals surface area contributed by atoms with Gasteiger partial charge in [-0.05, 0) is 30.5 Å². The summed E-state index contributed by atoms with van der Waals surface area (Å²) in [6.45, 7) is 2.05. The lowest BCUT2D eigenvalue weighted by Crippen LogP contribution is -2.31. The highest BCUT2D eigenvalue weighted by atomic mass is 16.5. The number of aryl methyl sites for hydroxylation is 2. The van der Waals surface area contributed by atoms with Gasteiger partial charge < -0.3 is 24.4 Å². The average molecular weight is 448 g/mol. The fourth-order valence-electron chi connectivity index (χ4n) is 4.07. The number of esters is 1. The average Bonchev–Trinajstić information content (AvgIpc) is 3.31. The zero-order valence-electron chi connectivity index (χ0n) is 18.3. The van der Waals surface area contributed by atoms with Crippen LogP contribution in [-0.2, 0) is 22.5 Å². The van der Waals surface area contributed by atoms with Crippen molar-refractivity contribution in [2.24, 2.45) is 0 Å². The van der Waals surface area contributed by atoms with Gasteiger partial charge in [0, 0.05) is 47.5 Å². The van der Waals surface area contributed by atoms with Gasteiger partial charge in [0.05, 0.1) is 25.4 Å². The Balaban J connectivity index is 1.86. The van der Waals surface area contributed by atoms with Crippen molar-refractivity contribution in [3.63, 3.8) is 0 Å². The number of imidazole rings is 1. The number of H-pyrrole nitrogens is 2. The molecule has 0 bridgehead atoms. The van der Waals surface area contributed by atoms with Crippen molar-refractivity contribution < 1.29 is 14.6 Å². The number of benzene rings is 1. The first kappa shape index (κ1) is 22.1. The highest BCUT2D eigenvalue weighted by Crippen LogP contribution is 2.32. The lowest BCUT2D eigenvalue weighted by molar-refractivity contribution is -0.140. The number of aromatic nitrogens is 4. The number of carbonyl (C=O) groups is 1. The first-order valence-electron chi connectivity index (χ1n) is 10.5. The molecule has 0 fully saturated rings. The third-order valence-electron chi connectivity index (χ3n) is 5.79. The van der Waals surface area contributed by atoms with Gasteiger partial charge >= 0.3 is 5.97 Å². The van der Waals surface area contributed by atoms with Crippen molar-refractivity contribution in [2.75, 3.05) is 7.11 Å². The third-order valence-corrected chi connectivity index (χ3v) is 5.79. The molecule has 0 saturated heterocycles. The molecule has 3 aromatic heterocycles. The van der Waals surface area contributed by atoms with Crippen molar-refractivity contribution >= 4 is 16.9 Å². The Kier molecular flexibility index (Phi) is 6.12. The van der Waals surface area contributed by atoms with Gasteiger partial charge in [0.2, 0.25) is 0 Å². The van der Waals surface area contributed by atoms with Crippen LogP contribution in [0.3, 0.4) is 0 Å². The molecule has 0 aliphatic carbocycles. The molecule has 4 rings (SSSR count). The number of pyridine rings is 2. The monoisotopic (exact) mass is 448 g/mol. The van der Waals surface area contributed by atoms with Crippen LogP contribution in [0.25, 0.3) is 10.9 Å². The summed E-state index contributed by atoms with van der Waals surface area (Å²) in [6.07, 6.45) is 3.48. The van der Waals surface area contributed by atoms with E-state index in [4.69, 9.17) is 4.74 Å². The Morgan fingerprint density at radius 2 is 2.03 bits per heavy atom. The Hall–Kier alpha value is -4.14. The lowest BCUT2D eigenvalue weighted by Gasteiger charge is -2.20. The minimum absolute atomic E-state index is 0.0172. The summed E-state index contributed by atoms with van der Waals surface area (Å²) in [5.41, 5.74) is 1.33. The van der Waals surface area contributed by atoms with Crippen molar-refractivity contribution in [1.29, 1.82) is 0 Å². The summed E-state index contributed by atoms with van der Waals surface area (Å²) in [4.78, 5) is 48.5. The van der Waals surface area contributed by atoms with Gasteiger partial charge in [0.25, 0.3) is 11.1 Å². The van der Waals surface area contributed by atoms with Gasteiger partial charge in [-0.25, -0.2) is 4.98 Å². The molecule has 0 unspecified atom stereocenters. The summed E-state index contributed by atoms with van der Waals surface area (Å²) in [5, 5.41) is 11.5. The van der Waals surface area contributed by atoms with Crippen LogP contribution in [0.15, 0.2) is 58.5 Å². The van der Waals surface area contributed by atoms with Crippen molar-refractivity contribution in [1.82, 2.24) is 19.5 Å². The number of aromatic hydroxyl groups is 1. The van der Waals surface area contributed by atoms with Crippen LogP contribution in [-0.4, -0.2) is 37.7 Å². The zero-order valence-corrected chi connectivity index (χ0v) is 18.3. The van der Waals surface area contributed by atoms with Crippen LogP contribution >= 0.6 is 0 Å². The van der Waals surface area contributed by atoms with Gasteiger partial charge in [-0.15, -0.1) is 0 Å². The van der Waals surface area contributed by atoms with Crippen LogP contribution in [0.2, 0.25) is 0 Å². The molecule has 4 aromatic rings. The van der Waals surface area contributed by atoms with Crippen LogP contribution in [0.1, 0.15) is 34.9 Å². The molecule has 3 N–H and O–H groups in total. The number of nitrogens with one attached hydrogen (secondary N) is 2. The van der Waals surface area contributed by atoms with E-state index in [1.165, 1.54) is 17.7 Å². The standard InChI is InChI=1S/C24H24N4O5/c1-14-9-20(29)22(24(32)28(14)8-7-16-12-25-13-26-16)17(11-21(30)33-2)18-10-15-5-3-4-6-19(15)27-23(18)31/h3-6,9-10,12-13,17,29H,7-8,11H2,1-2H3,(H,25,26)(H,27,31)/t17-/m1/s1.